The molecule has 4 N–H and O–H groups in total. The molecule has 6 aromatic rings. The average molecular weight is 991 g/mol. The van der Waals surface area contributed by atoms with Gasteiger partial charge in [-0.05, 0) is 91.6 Å². The number of amides is 2. The number of methoxy groups -OCH3 is 1. The van der Waals surface area contributed by atoms with Gasteiger partial charge in [0, 0.05) is 10.0 Å². The molecular weight excluding hydrogens is 950 g/mol. The van der Waals surface area contributed by atoms with Crippen molar-refractivity contribution in [3.05, 3.63) is 164 Å². The van der Waals surface area contributed by atoms with Crippen LogP contribution in [0, 0.1) is 0 Å². The minimum Gasteiger partial charge on any atom is -0.480 e. The van der Waals surface area contributed by atoms with Gasteiger partial charge in [-0.3, -0.25) is 9.59 Å². The first-order chi connectivity index (χ1) is 31.7. The largest absolute Gasteiger partial charge is 0.480 e. The number of aliphatic carboxylic acids is 1. The number of nitrogens with one attached hydrogen (secondary N) is 2. The summed E-state index contributed by atoms with van der Waals surface area (Å²) in [5.41, 5.74) is 2.56. The summed E-state index contributed by atoms with van der Waals surface area (Å²) < 4.78 is 20.8. The van der Waals surface area contributed by atoms with E-state index >= 15 is 0 Å². The number of carboxylic acid groups (broad SMARTS) is 2. The Balaban J connectivity index is 0.000000254. The lowest BCUT2D eigenvalue weighted by atomic mass is 10.0. The molecule has 0 atom stereocenters. The molecule has 0 aromatic heterocycles. The molecule has 0 heterocycles. The molecule has 67 heavy (non-hydrogen) atoms. The average Bonchev–Trinajstić information content (AvgIpc) is 3.27. The van der Waals surface area contributed by atoms with Gasteiger partial charge in [-0.2, -0.15) is 0 Å². The lowest BCUT2D eigenvalue weighted by Gasteiger charge is -2.20. The van der Waals surface area contributed by atoms with E-state index in [-0.39, 0.29) is 65.2 Å². The van der Waals surface area contributed by atoms with Crippen LogP contribution < -0.4 is 20.1 Å². The molecule has 0 spiro atoms. The maximum absolute atomic E-state index is 13.3. The van der Waals surface area contributed by atoms with Crippen LogP contribution in [-0.4, -0.2) is 71.8 Å². The highest BCUT2D eigenvalue weighted by atomic mass is 35.5. The Morgan fingerprint density at radius 3 is 1.39 bits per heavy atom. The number of rotatable bonds is 14. The Labute approximate surface area is 404 Å². The van der Waals surface area contributed by atoms with E-state index in [1.54, 1.807) is 45.0 Å². The Morgan fingerprint density at radius 1 is 0.537 bits per heavy atom. The molecule has 0 aliphatic carbocycles. The lowest BCUT2D eigenvalue weighted by Crippen LogP contribution is -2.27. The molecule has 6 rings (SSSR count). The highest BCUT2D eigenvalue weighted by molar-refractivity contribution is 6.37. The van der Waals surface area contributed by atoms with Crippen molar-refractivity contribution in [2.75, 3.05) is 31.0 Å². The predicted octanol–water partition coefficient (Wildman–Crippen LogP) is 11.5. The minimum absolute atomic E-state index is 0.0300. The summed E-state index contributed by atoms with van der Waals surface area (Å²) in [6, 6.07) is 33.5. The predicted molar refractivity (Wildman–Crippen MR) is 255 cm³/mol. The van der Waals surface area contributed by atoms with E-state index in [1.165, 1.54) is 43.5 Å². The number of ether oxygens (including phenoxy) is 4. The lowest BCUT2D eigenvalue weighted by molar-refractivity contribution is -0.157. The first kappa shape index (κ1) is 50.9. The smallest absolute Gasteiger partial charge is 0.344 e. The number of hydrogen-bond acceptors (Lipinski definition) is 10. The van der Waals surface area contributed by atoms with Gasteiger partial charge in [-0.25, -0.2) is 19.2 Å². The van der Waals surface area contributed by atoms with Crippen LogP contribution in [0.2, 0.25) is 20.1 Å². The number of benzene rings is 6. The van der Waals surface area contributed by atoms with Gasteiger partial charge in [0.2, 0.25) is 0 Å². The Hall–Kier alpha value is -7.10. The number of carbonyl (C=O) groups is 6. The Morgan fingerprint density at radius 2 is 0.970 bits per heavy atom. The van der Waals surface area contributed by atoms with Gasteiger partial charge in [-0.15, -0.1) is 0 Å². The number of halogens is 4. The van der Waals surface area contributed by atoms with Crippen LogP contribution >= 0.6 is 46.4 Å². The zero-order chi connectivity index (χ0) is 49.0. The fraction of sp³-hybridized carbons (Fsp3) is 0.143. The first-order valence-corrected chi connectivity index (χ1v) is 21.3. The van der Waals surface area contributed by atoms with Crippen LogP contribution in [0.5, 0.6) is 11.5 Å². The fourth-order valence-corrected chi connectivity index (χ4v) is 7.25. The second-order valence-corrected chi connectivity index (χ2v) is 16.7. The van der Waals surface area contributed by atoms with Crippen LogP contribution in [0.4, 0.5) is 11.4 Å². The zero-order valence-corrected chi connectivity index (χ0v) is 39.0. The number of hydrogen-bond donors (Lipinski definition) is 4. The summed E-state index contributed by atoms with van der Waals surface area (Å²) in [7, 11) is 1.25. The highest BCUT2D eigenvalue weighted by Crippen LogP contribution is 2.36. The van der Waals surface area contributed by atoms with Gasteiger partial charge >= 0.3 is 23.9 Å². The molecule has 0 fully saturated rings. The van der Waals surface area contributed by atoms with E-state index < -0.39 is 54.5 Å². The SMILES string of the molecule is COC(=O)c1ccc(-c2ccccc2)cc1NC(=O)c1cc(Cl)cc(Cl)c1OCC(=O)OC(C)(C)C.O=C(O)COc1c(Cl)cc(Cl)cc1C(=O)Nc1cc(-c2ccccc2)ccc1C(=O)O. The van der Waals surface area contributed by atoms with Crippen molar-refractivity contribution in [3.8, 4) is 33.8 Å². The molecule has 0 aliphatic rings. The summed E-state index contributed by atoms with van der Waals surface area (Å²) in [5, 5.41) is 23.9. The molecule has 0 aliphatic heterocycles. The summed E-state index contributed by atoms with van der Waals surface area (Å²) >= 11 is 24.5. The van der Waals surface area contributed by atoms with Gasteiger partial charge < -0.3 is 39.8 Å². The number of anilines is 2. The fourth-order valence-electron chi connectivity index (χ4n) is 6.16. The minimum atomic E-state index is -1.26. The van der Waals surface area contributed by atoms with Crippen molar-refractivity contribution in [1.29, 1.82) is 0 Å². The summed E-state index contributed by atoms with van der Waals surface area (Å²) in [6.45, 7) is 3.96. The third-order valence-corrected chi connectivity index (χ3v) is 9.98. The van der Waals surface area contributed by atoms with Gasteiger partial charge in [-0.1, -0.05) is 119 Å². The maximum Gasteiger partial charge on any atom is 0.344 e. The summed E-state index contributed by atoms with van der Waals surface area (Å²) in [5.74, 6) is -5.42. The molecule has 346 valence electrons. The highest BCUT2D eigenvalue weighted by Gasteiger charge is 2.24. The van der Waals surface area contributed by atoms with E-state index in [4.69, 9.17) is 70.5 Å². The summed E-state index contributed by atoms with van der Waals surface area (Å²) in [6.07, 6.45) is 0. The Bertz CT molecular complexity index is 2830. The molecular formula is C49H40Cl4N2O12. The second-order valence-electron chi connectivity index (χ2n) is 15.0. The summed E-state index contributed by atoms with van der Waals surface area (Å²) in [4.78, 5) is 73.3. The molecule has 0 bridgehead atoms. The molecule has 6 aromatic carbocycles. The van der Waals surface area contributed by atoms with Crippen molar-refractivity contribution < 1.29 is 57.9 Å². The van der Waals surface area contributed by atoms with Crippen LogP contribution in [0.1, 0.15) is 62.2 Å². The van der Waals surface area contributed by atoms with E-state index in [1.807, 2.05) is 60.7 Å². The molecule has 2 amide bonds. The molecule has 0 saturated carbocycles. The van der Waals surface area contributed by atoms with Gasteiger partial charge in [0.05, 0.1) is 50.8 Å². The number of carbonyl (C=O) groups excluding carboxylic acids is 4. The number of carboxylic acids is 2. The van der Waals surface area contributed by atoms with Crippen molar-refractivity contribution >= 4 is 93.5 Å². The first-order valence-electron chi connectivity index (χ1n) is 19.7. The van der Waals surface area contributed by atoms with Crippen LogP contribution in [0.15, 0.2) is 121 Å². The van der Waals surface area contributed by atoms with Crippen LogP contribution in [0.3, 0.4) is 0 Å². The normalized spacial score (nSPS) is 10.7. The van der Waals surface area contributed by atoms with Crippen molar-refractivity contribution in [1.82, 2.24) is 0 Å². The number of aromatic carboxylic acids is 1. The van der Waals surface area contributed by atoms with E-state index in [0.29, 0.717) is 5.56 Å². The van der Waals surface area contributed by atoms with Crippen molar-refractivity contribution in [2.45, 2.75) is 26.4 Å². The topological polar surface area (TPSA) is 204 Å². The zero-order valence-electron chi connectivity index (χ0n) is 35.9. The molecule has 14 nitrogen and oxygen atoms in total. The monoisotopic (exact) mass is 988 g/mol. The van der Waals surface area contributed by atoms with Gasteiger partial charge in [0.25, 0.3) is 11.8 Å². The molecule has 0 unspecified atom stereocenters. The van der Waals surface area contributed by atoms with Crippen LogP contribution in [-0.2, 0) is 19.1 Å². The molecule has 0 saturated heterocycles. The van der Waals surface area contributed by atoms with E-state index in [2.05, 4.69) is 10.6 Å². The van der Waals surface area contributed by atoms with E-state index in [0.717, 1.165) is 16.7 Å². The number of esters is 2. The standard InChI is InChI=1S/C27H25Cl2NO6.C22H15Cl2NO6/c1-27(2,3)36-23(31)15-35-24-20(13-18(28)14-21(24)29)25(32)30-22-12-17(16-8-6-5-7-9-16)10-11-19(22)26(33)34-4;23-14-9-16(20(17(24)10-14)31-11-19(26)27)21(28)25-18-8-13(6-7-15(18)22(29)30)12-4-2-1-3-5-12/h5-14H,15H2,1-4H3,(H,30,32);1-10H,11H2,(H,25,28)(H,26,27)(H,29,30). The van der Waals surface area contributed by atoms with Crippen molar-refractivity contribution in [3.63, 3.8) is 0 Å². The third kappa shape index (κ3) is 14.2. The van der Waals surface area contributed by atoms with Crippen molar-refractivity contribution in [2.24, 2.45) is 0 Å². The van der Waals surface area contributed by atoms with Gasteiger partial charge in [0.15, 0.2) is 24.7 Å². The second kappa shape index (κ2) is 22.9. The van der Waals surface area contributed by atoms with Crippen LogP contribution in [0.25, 0.3) is 22.3 Å². The third-order valence-electron chi connectivity index (χ3n) is 8.99. The quantitative estimate of drug-likeness (QED) is 0.0753. The van der Waals surface area contributed by atoms with Gasteiger partial charge in [0.1, 0.15) is 5.60 Å². The molecule has 18 heteroatoms. The molecule has 0 radical (unpaired) electrons. The Kier molecular flexibility index (Phi) is 17.4. The maximum atomic E-state index is 13.3. The van der Waals surface area contributed by atoms with E-state index in [9.17, 15) is 33.9 Å².